The number of nitrogens with two attached hydrogens (primary N) is 1. The Labute approximate surface area is 123 Å². The van der Waals surface area contributed by atoms with Gasteiger partial charge in [-0.05, 0) is 31.9 Å². The van der Waals surface area contributed by atoms with E-state index < -0.39 is 0 Å². The van der Waals surface area contributed by atoms with Crippen LogP contribution < -0.4 is 10.6 Å². The van der Waals surface area contributed by atoms with E-state index in [9.17, 15) is 0 Å². The maximum absolute atomic E-state index is 8.96. The fourth-order valence-electron chi connectivity index (χ4n) is 2.70. The molecule has 6 heteroatoms. The van der Waals surface area contributed by atoms with Gasteiger partial charge in [-0.1, -0.05) is 12.1 Å². The van der Waals surface area contributed by atoms with Crippen molar-refractivity contribution in [2.75, 3.05) is 11.4 Å². The smallest absolute Gasteiger partial charge is 0.245 e. The fraction of sp³-hybridized carbons (Fsp3) is 0.400. The zero-order chi connectivity index (χ0) is 14.8. The van der Waals surface area contributed by atoms with E-state index in [1.165, 1.54) is 0 Å². The van der Waals surface area contributed by atoms with Gasteiger partial charge in [-0.25, -0.2) is 0 Å². The van der Waals surface area contributed by atoms with Crippen LogP contribution in [-0.2, 0) is 0 Å². The molecule has 2 atom stereocenters. The van der Waals surface area contributed by atoms with E-state index in [1.54, 1.807) is 12.1 Å². The van der Waals surface area contributed by atoms with Gasteiger partial charge in [0, 0.05) is 24.2 Å². The second-order valence-corrected chi connectivity index (χ2v) is 5.42. The summed E-state index contributed by atoms with van der Waals surface area (Å²) in [6.07, 6.45) is 2.10. The molecule has 0 aliphatic carbocycles. The first-order valence-corrected chi connectivity index (χ1v) is 7.14. The molecule has 108 valence electrons. The lowest BCUT2D eigenvalue weighted by atomic mass is 9.99. The normalized spacial score (nSPS) is 22.0. The largest absolute Gasteiger partial charge is 0.335 e. The number of H-pyrrole nitrogens is 1. The molecule has 2 unspecified atom stereocenters. The minimum Gasteiger partial charge on any atom is -0.335 e. The number of anilines is 1. The van der Waals surface area contributed by atoms with Gasteiger partial charge in [0.2, 0.25) is 5.95 Å². The summed E-state index contributed by atoms with van der Waals surface area (Å²) in [4.78, 5) is 6.70. The van der Waals surface area contributed by atoms with Gasteiger partial charge in [-0.15, -0.1) is 5.10 Å². The summed E-state index contributed by atoms with van der Waals surface area (Å²) < 4.78 is 0. The lowest BCUT2D eigenvalue weighted by Crippen LogP contribution is -2.50. The molecular formula is C15H18N6. The summed E-state index contributed by atoms with van der Waals surface area (Å²) in [5.74, 6) is 1.35. The zero-order valence-corrected chi connectivity index (χ0v) is 12.0. The molecule has 1 aliphatic heterocycles. The van der Waals surface area contributed by atoms with Crippen molar-refractivity contribution in [2.45, 2.75) is 31.8 Å². The number of benzene rings is 1. The highest BCUT2D eigenvalue weighted by Gasteiger charge is 2.27. The van der Waals surface area contributed by atoms with E-state index in [0.717, 1.165) is 24.9 Å². The Morgan fingerprint density at radius 1 is 1.48 bits per heavy atom. The minimum absolute atomic E-state index is 0.155. The first kappa shape index (κ1) is 13.6. The Kier molecular flexibility index (Phi) is 3.59. The fourth-order valence-corrected chi connectivity index (χ4v) is 2.70. The van der Waals surface area contributed by atoms with Crippen LogP contribution in [0.4, 0.5) is 5.95 Å². The molecular weight excluding hydrogens is 264 g/mol. The molecule has 0 radical (unpaired) electrons. The van der Waals surface area contributed by atoms with Gasteiger partial charge in [-0.2, -0.15) is 10.2 Å². The van der Waals surface area contributed by atoms with Crippen molar-refractivity contribution < 1.29 is 0 Å². The van der Waals surface area contributed by atoms with Crippen LogP contribution >= 0.6 is 0 Å². The number of piperidine rings is 1. The number of aromatic nitrogens is 3. The second kappa shape index (κ2) is 5.54. The van der Waals surface area contributed by atoms with E-state index in [2.05, 4.69) is 33.1 Å². The monoisotopic (exact) mass is 282 g/mol. The Morgan fingerprint density at radius 2 is 2.33 bits per heavy atom. The van der Waals surface area contributed by atoms with Crippen LogP contribution in [0.25, 0.3) is 11.4 Å². The van der Waals surface area contributed by atoms with E-state index in [1.807, 2.05) is 12.1 Å². The van der Waals surface area contributed by atoms with E-state index in [4.69, 9.17) is 11.0 Å². The molecule has 2 heterocycles. The average Bonchev–Trinajstić information content (AvgIpc) is 3.00. The first-order valence-electron chi connectivity index (χ1n) is 7.14. The van der Waals surface area contributed by atoms with Gasteiger partial charge >= 0.3 is 0 Å². The Bertz CT molecular complexity index is 671. The quantitative estimate of drug-likeness (QED) is 0.873. The standard InChI is InChI=1S/C15H18N6/c1-10-13(17)6-3-7-21(10)15-18-14(19-20-15)12-5-2-4-11(8-12)9-16/h2,4-5,8,10,13H,3,6-7,17H2,1H3,(H,18,19,20). The third-order valence-electron chi connectivity index (χ3n) is 4.04. The Balaban J connectivity index is 1.88. The van der Waals surface area contributed by atoms with Gasteiger partial charge in [0.25, 0.3) is 0 Å². The molecule has 0 spiro atoms. The highest BCUT2D eigenvalue weighted by Crippen LogP contribution is 2.23. The third-order valence-corrected chi connectivity index (χ3v) is 4.04. The molecule has 6 nitrogen and oxygen atoms in total. The second-order valence-electron chi connectivity index (χ2n) is 5.42. The van der Waals surface area contributed by atoms with Crippen LogP contribution in [0.15, 0.2) is 24.3 Å². The molecule has 1 aromatic heterocycles. The molecule has 3 N–H and O–H groups in total. The molecule has 1 saturated heterocycles. The Morgan fingerprint density at radius 3 is 3.14 bits per heavy atom. The molecule has 1 aliphatic rings. The predicted octanol–water partition coefficient (Wildman–Crippen LogP) is 1.66. The molecule has 3 rings (SSSR count). The van der Waals surface area contributed by atoms with Gasteiger partial charge in [0.05, 0.1) is 11.6 Å². The SMILES string of the molecule is CC1C(N)CCCN1c1n[nH]c(-c2cccc(C#N)c2)n1. The number of nitrogens with one attached hydrogen (secondary N) is 1. The third kappa shape index (κ3) is 2.60. The summed E-state index contributed by atoms with van der Waals surface area (Å²) in [6, 6.07) is 9.84. The first-order chi connectivity index (χ1) is 10.2. The van der Waals surface area contributed by atoms with Gasteiger partial charge < -0.3 is 10.6 Å². The lowest BCUT2D eigenvalue weighted by molar-refractivity contribution is 0.416. The predicted molar refractivity (Wildman–Crippen MR) is 80.6 cm³/mol. The maximum Gasteiger partial charge on any atom is 0.245 e. The maximum atomic E-state index is 8.96. The average molecular weight is 282 g/mol. The number of nitriles is 1. The molecule has 1 aromatic carbocycles. The number of aromatic amines is 1. The van der Waals surface area contributed by atoms with Crippen molar-refractivity contribution in [3.8, 4) is 17.5 Å². The van der Waals surface area contributed by atoms with Crippen molar-refractivity contribution in [3.63, 3.8) is 0 Å². The lowest BCUT2D eigenvalue weighted by Gasteiger charge is -2.36. The van der Waals surface area contributed by atoms with Crippen molar-refractivity contribution in [2.24, 2.45) is 5.73 Å². The number of nitrogens with zero attached hydrogens (tertiary/aromatic N) is 4. The molecule has 1 fully saturated rings. The summed E-state index contributed by atoms with van der Waals surface area (Å²) >= 11 is 0. The molecule has 0 amide bonds. The number of hydrogen-bond acceptors (Lipinski definition) is 5. The summed E-state index contributed by atoms with van der Waals surface area (Å²) in [5.41, 5.74) is 7.59. The highest BCUT2D eigenvalue weighted by atomic mass is 15.4. The number of rotatable bonds is 2. The zero-order valence-electron chi connectivity index (χ0n) is 12.0. The highest BCUT2D eigenvalue weighted by molar-refractivity contribution is 5.59. The van der Waals surface area contributed by atoms with Crippen LogP contribution in [0.5, 0.6) is 0 Å². The molecule has 2 aromatic rings. The van der Waals surface area contributed by atoms with Crippen LogP contribution in [0.1, 0.15) is 25.3 Å². The van der Waals surface area contributed by atoms with E-state index in [-0.39, 0.29) is 12.1 Å². The van der Waals surface area contributed by atoms with Crippen molar-refractivity contribution >= 4 is 5.95 Å². The van der Waals surface area contributed by atoms with Gasteiger partial charge in [-0.3, -0.25) is 5.10 Å². The van der Waals surface area contributed by atoms with Crippen molar-refractivity contribution in [3.05, 3.63) is 29.8 Å². The van der Waals surface area contributed by atoms with Crippen LogP contribution in [-0.4, -0.2) is 33.8 Å². The topological polar surface area (TPSA) is 94.6 Å². The van der Waals surface area contributed by atoms with Gasteiger partial charge in [0.1, 0.15) is 0 Å². The molecule has 21 heavy (non-hydrogen) atoms. The van der Waals surface area contributed by atoms with E-state index in [0.29, 0.717) is 17.3 Å². The van der Waals surface area contributed by atoms with Gasteiger partial charge in [0.15, 0.2) is 5.82 Å². The summed E-state index contributed by atoms with van der Waals surface area (Å²) in [7, 11) is 0. The Hall–Kier alpha value is -2.39. The minimum atomic E-state index is 0.155. The van der Waals surface area contributed by atoms with Crippen LogP contribution in [0.3, 0.4) is 0 Å². The van der Waals surface area contributed by atoms with Crippen molar-refractivity contribution in [1.29, 1.82) is 5.26 Å². The molecule has 0 bridgehead atoms. The molecule has 0 saturated carbocycles. The van der Waals surface area contributed by atoms with Crippen molar-refractivity contribution in [1.82, 2.24) is 15.2 Å². The van der Waals surface area contributed by atoms with Crippen LogP contribution in [0, 0.1) is 11.3 Å². The summed E-state index contributed by atoms with van der Waals surface area (Å²) in [6.45, 7) is 3.03. The number of hydrogen-bond donors (Lipinski definition) is 2. The van der Waals surface area contributed by atoms with Crippen LogP contribution in [0.2, 0.25) is 0 Å². The van der Waals surface area contributed by atoms with E-state index >= 15 is 0 Å². The summed E-state index contributed by atoms with van der Waals surface area (Å²) in [5, 5.41) is 16.2.